The van der Waals surface area contributed by atoms with Crippen molar-refractivity contribution in [2.45, 2.75) is 10.1 Å². The van der Waals surface area contributed by atoms with Crippen LogP contribution in [0.25, 0.3) is 0 Å². The van der Waals surface area contributed by atoms with Gasteiger partial charge >= 0.3 is 5.97 Å². The number of ether oxygens (including phenoxy) is 1. The second-order valence-corrected chi connectivity index (χ2v) is 5.41. The monoisotopic (exact) mass is 262 g/mol. The molecular weight excluding hydrogens is 251 g/mol. The van der Waals surface area contributed by atoms with Gasteiger partial charge in [-0.25, -0.2) is 12.8 Å². The van der Waals surface area contributed by atoms with Gasteiger partial charge in [-0.3, -0.25) is 4.79 Å². The number of methoxy groups -OCH3 is 1. The van der Waals surface area contributed by atoms with Crippen molar-refractivity contribution in [3.63, 3.8) is 0 Å². The molecule has 0 amide bonds. The van der Waals surface area contributed by atoms with E-state index < -0.39 is 33.5 Å². The zero-order valence-corrected chi connectivity index (χ0v) is 9.78. The minimum atomic E-state index is -4.07. The molecule has 0 fully saturated rings. The summed E-state index contributed by atoms with van der Waals surface area (Å²) in [5, 5.41) is 7.13. The van der Waals surface area contributed by atoms with Gasteiger partial charge < -0.3 is 9.84 Å². The van der Waals surface area contributed by atoms with E-state index in [4.69, 9.17) is 5.11 Å². The molecule has 0 radical (unpaired) electrons. The number of carbonyl (C=O) groups is 1. The first kappa shape index (κ1) is 13.6. The zero-order valence-electron chi connectivity index (χ0n) is 8.96. The van der Waals surface area contributed by atoms with E-state index in [0.29, 0.717) is 0 Å². The number of carboxylic acid groups (broad SMARTS) is 1. The van der Waals surface area contributed by atoms with Gasteiger partial charge in [0.25, 0.3) is 0 Å². The molecule has 5 nitrogen and oxygen atoms in total. The summed E-state index contributed by atoms with van der Waals surface area (Å²) in [6.45, 7) is -0.463. The number of hydrogen-bond donors (Lipinski definition) is 1. The van der Waals surface area contributed by atoms with Crippen LogP contribution in [0.2, 0.25) is 0 Å². The van der Waals surface area contributed by atoms with Crippen molar-refractivity contribution >= 4 is 15.8 Å². The molecule has 1 aromatic carbocycles. The third-order valence-electron chi connectivity index (χ3n) is 2.11. The van der Waals surface area contributed by atoms with E-state index in [-0.39, 0.29) is 4.90 Å². The Morgan fingerprint density at radius 2 is 1.94 bits per heavy atom. The lowest BCUT2D eigenvalue weighted by molar-refractivity contribution is -0.137. The number of benzene rings is 1. The lowest BCUT2D eigenvalue weighted by Gasteiger charge is -2.12. The third-order valence-corrected chi connectivity index (χ3v) is 4.13. The predicted molar refractivity (Wildman–Crippen MR) is 56.9 cm³/mol. The third kappa shape index (κ3) is 3.01. The standard InChI is InChI=1S/C10H11FO5S/c1-16-6-9(10(12)13)17(14,15)8-4-2-7(11)3-5-8/h2-5,9H,6H2,1H3,(H,12,13). The molecule has 1 atom stereocenters. The van der Waals surface area contributed by atoms with Crippen molar-refractivity contribution in [1.29, 1.82) is 0 Å². The molecular formula is C10H11FO5S. The summed E-state index contributed by atoms with van der Waals surface area (Å²) in [7, 11) is -2.87. The van der Waals surface area contributed by atoms with E-state index in [1.807, 2.05) is 0 Å². The van der Waals surface area contributed by atoms with Gasteiger partial charge in [0.1, 0.15) is 5.82 Å². The van der Waals surface area contributed by atoms with Crippen molar-refractivity contribution in [3.05, 3.63) is 30.1 Å². The molecule has 0 heterocycles. The van der Waals surface area contributed by atoms with Crippen LogP contribution in [0.5, 0.6) is 0 Å². The topological polar surface area (TPSA) is 80.7 Å². The number of carboxylic acids is 1. The van der Waals surface area contributed by atoms with E-state index in [2.05, 4.69) is 4.74 Å². The van der Waals surface area contributed by atoms with Gasteiger partial charge in [-0.1, -0.05) is 0 Å². The molecule has 7 heteroatoms. The fourth-order valence-corrected chi connectivity index (χ4v) is 2.66. The maximum atomic E-state index is 12.6. The van der Waals surface area contributed by atoms with Gasteiger partial charge in [0.05, 0.1) is 11.5 Å². The van der Waals surface area contributed by atoms with Crippen LogP contribution in [0.15, 0.2) is 29.2 Å². The van der Waals surface area contributed by atoms with Crippen LogP contribution in [-0.2, 0) is 19.4 Å². The molecule has 0 spiro atoms. The van der Waals surface area contributed by atoms with Gasteiger partial charge in [-0.2, -0.15) is 0 Å². The van der Waals surface area contributed by atoms with Crippen molar-refractivity contribution < 1.29 is 27.4 Å². The Labute approximate surface area is 97.8 Å². The number of sulfone groups is 1. The minimum absolute atomic E-state index is 0.247. The molecule has 0 aliphatic rings. The lowest BCUT2D eigenvalue weighted by Crippen LogP contribution is -2.34. The summed E-state index contributed by atoms with van der Waals surface area (Å²) in [4.78, 5) is 10.6. The average molecular weight is 262 g/mol. The fourth-order valence-electron chi connectivity index (χ4n) is 1.23. The molecule has 1 N–H and O–H groups in total. The fraction of sp³-hybridized carbons (Fsp3) is 0.300. The normalized spacial score (nSPS) is 13.3. The van der Waals surface area contributed by atoms with Crippen molar-refractivity contribution in [2.24, 2.45) is 0 Å². The zero-order chi connectivity index (χ0) is 13.1. The van der Waals surface area contributed by atoms with Crippen molar-refractivity contribution in [2.75, 3.05) is 13.7 Å². The number of hydrogen-bond acceptors (Lipinski definition) is 4. The summed E-state index contributed by atoms with van der Waals surface area (Å²) in [6, 6.07) is 3.96. The van der Waals surface area contributed by atoms with Crippen LogP contribution in [0, 0.1) is 5.82 Å². The van der Waals surface area contributed by atoms with Crippen molar-refractivity contribution in [3.8, 4) is 0 Å². The quantitative estimate of drug-likeness (QED) is 0.790. The van der Waals surface area contributed by atoms with Crippen LogP contribution >= 0.6 is 0 Å². The van der Waals surface area contributed by atoms with Crippen LogP contribution in [-0.4, -0.2) is 38.5 Å². The highest BCUT2D eigenvalue weighted by atomic mass is 32.2. The Bertz CT molecular complexity index is 494. The van der Waals surface area contributed by atoms with Crippen LogP contribution < -0.4 is 0 Å². The number of rotatable bonds is 5. The van der Waals surface area contributed by atoms with Gasteiger partial charge in [0.15, 0.2) is 15.1 Å². The molecule has 0 bridgehead atoms. The molecule has 0 aromatic heterocycles. The maximum absolute atomic E-state index is 12.6. The van der Waals surface area contributed by atoms with E-state index in [1.54, 1.807) is 0 Å². The molecule has 1 rings (SSSR count). The lowest BCUT2D eigenvalue weighted by atomic mass is 10.3. The van der Waals surface area contributed by atoms with Crippen LogP contribution in [0.1, 0.15) is 0 Å². The Morgan fingerprint density at radius 1 is 1.41 bits per heavy atom. The first-order chi connectivity index (χ1) is 7.89. The Hall–Kier alpha value is -1.47. The summed E-state index contributed by atoms with van der Waals surface area (Å²) in [5.41, 5.74) is 0. The summed E-state index contributed by atoms with van der Waals surface area (Å²) < 4.78 is 41.0. The Balaban J connectivity index is 3.16. The number of halogens is 1. The number of aliphatic carboxylic acids is 1. The summed E-state index contributed by atoms with van der Waals surface area (Å²) in [6.07, 6.45) is 0. The average Bonchev–Trinajstić information content (AvgIpc) is 2.25. The Morgan fingerprint density at radius 3 is 2.35 bits per heavy atom. The smallest absolute Gasteiger partial charge is 0.324 e. The first-order valence-electron chi connectivity index (χ1n) is 4.61. The van der Waals surface area contributed by atoms with Crippen LogP contribution in [0.4, 0.5) is 4.39 Å². The molecule has 0 aliphatic carbocycles. The van der Waals surface area contributed by atoms with Gasteiger partial charge in [-0.05, 0) is 24.3 Å². The van der Waals surface area contributed by atoms with E-state index in [0.717, 1.165) is 24.3 Å². The summed E-state index contributed by atoms with van der Waals surface area (Å²) in [5.74, 6) is -2.10. The molecule has 17 heavy (non-hydrogen) atoms. The van der Waals surface area contributed by atoms with Crippen LogP contribution in [0.3, 0.4) is 0 Å². The molecule has 0 saturated heterocycles. The van der Waals surface area contributed by atoms with Gasteiger partial charge in [0.2, 0.25) is 0 Å². The molecule has 1 unspecified atom stereocenters. The molecule has 0 aliphatic heterocycles. The molecule has 0 saturated carbocycles. The summed E-state index contributed by atoms with van der Waals surface area (Å²) >= 11 is 0. The Kier molecular flexibility index (Phi) is 4.19. The largest absolute Gasteiger partial charge is 0.480 e. The van der Waals surface area contributed by atoms with E-state index in [1.165, 1.54) is 7.11 Å². The first-order valence-corrected chi connectivity index (χ1v) is 6.15. The predicted octanol–water partition coefficient (Wildman–Crippen LogP) is 0.699. The van der Waals surface area contributed by atoms with E-state index in [9.17, 15) is 17.6 Å². The molecule has 94 valence electrons. The van der Waals surface area contributed by atoms with Crippen molar-refractivity contribution in [1.82, 2.24) is 0 Å². The van der Waals surface area contributed by atoms with Gasteiger partial charge in [-0.15, -0.1) is 0 Å². The van der Waals surface area contributed by atoms with E-state index >= 15 is 0 Å². The van der Waals surface area contributed by atoms with Gasteiger partial charge in [0, 0.05) is 7.11 Å². The minimum Gasteiger partial charge on any atom is -0.480 e. The highest BCUT2D eigenvalue weighted by Crippen LogP contribution is 2.17. The molecule has 1 aromatic rings. The highest BCUT2D eigenvalue weighted by molar-refractivity contribution is 7.92. The maximum Gasteiger partial charge on any atom is 0.324 e. The SMILES string of the molecule is COCC(C(=O)O)S(=O)(=O)c1ccc(F)cc1. The highest BCUT2D eigenvalue weighted by Gasteiger charge is 2.33. The second kappa shape index (κ2) is 5.24. The second-order valence-electron chi connectivity index (χ2n) is 3.28.